The lowest BCUT2D eigenvalue weighted by Gasteiger charge is -2.12. The first-order valence-corrected chi connectivity index (χ1v) is 6.97. The van der Waals surface area contributed by atoms with Crippen molar-refractivity contribution in [1.29, 1.82) is 0 Å². The number of benzene rings is 1. The molecule has 1 atom stereocenters. The van der Waals surface area contributed by atoms with Crippen LogP contribution in [0.3, 0.4) is 0 Å². The van der Waals surface area contributed by atoms with Crippen LogP contribution >= 0.6 is 0 Å². The molecule has 0 radical (unpaired) electrons. The molecule has 0 aromatic heterocycles. The average molecular weight is 249 g/mol. The minimum Gasteiger partial charge on any atom is -0.491 e. The summed E-state index contributed by atoms with van der Waals surface area (Å²) < 4.78 is 11.2. The minimum absolute atomic E-state index is 0.285. The second-order valence-corrected chi connectivity index (χ2v) is 4.75. The van der Waals surface area contributed by atoms with Crippen molar-refractivity contribution in [3.63, 3.8) is 0 Å². The maximum absolute atomic E-state index is 5.72. The standard InChI is InChI=1S/C15H23NO2/c1-2-3-10-16-13-6-8-14(9-7-13)18-12-15-5-4-11-17-15/h6-9,15-16H,2-5,10-12H2,1H3. The third kappa shape index (κ3) is 4.22. The first-order valence-electron chi connectivity index (χ1n) is 6.97. The van der Waals surface area contributed by atoms with Crippen LogP contribution in [-0.2, 0) is 4.74 Å². The van der Waals surface area contributed by atoms with Crippen LogP contribution in [-0.4, -0.2) is 25.9 Å². The number of nitrogens with one attached hydrogen (secondary N) is 1. The zero-order chi connectivity index (χ0) is 12.6. The predicted octanol–water partition coefficient (Wildman–Crippen LogP) is 3.46. The van der Waals surface area contributed by atoms with E-state index in [1.807, 2.05) is 12.1 Å². The Hall–Kier alpha value is -1.22. The van der Waals surface area contributed by atoms with Crippen molar-refractivity contribution in [2.24, 2.45) is 0 Å². The fourth-order valence-corrected chi connectivity index (χ4v) is 2.04. The molecule has 1 aliphatic heterocycles. The molecule has 0 amide bonds. The molecule has 1 aromatic rings. The zero-order valence-electron chi connectivity index (χ0n) is 11.2. The Balaban J connectivity index is 1.72. The van der Waals surface area contributed by atoms with Crippen LogP contribution in [0.15, 0.2) is 24.3 Å². The Morgan fingerprint density at radius 2 is 2.17 bits per heavy atom. The highest BCUT2D eigenvalue weighted by molar-refractivity contribution is 5.46. The van der Waals surface area contributed by atoms with E-state index in [9.17, 15) is 0 Å². The van der Waals surface area contributed by atoms with Crippen molar-refractivity contribution in [3.05, 3.63) is 24.3 Å². The molecule has 1 saturated heterocycles. The van der Waals surface area contributed by atoms with E-state index >= 15 is 0 Å². The lowest BCUT2D eigenvalue weighted by molar-refractivity contribution is 0.0679. The largest absolute Gasteiger partial charge is 0.491 e. The average Bonchev–Trinajstić information content (AvgIpc) is 2.91. The molecule has 0 spiro atoms. The Kier molecular flexibility index (Phi) is 5.34. The van der Waals surface area contributed by atoms with E-state index in [0.29, 0.717) is 6.61 Å². The molecule has 3 nitrogen and oxygen atoms in total. The van der Waals surface area contributed by atoms with E-state index in [-0.39, 0.29) is 6.10 Å². The molecule has 3 heteroatoms. The quantitative estimate of drug-likeness (QED) is 0.751. The summed E-state index contributed by atoms with van der Waals surface area (Å²) in [7, 11) is 0. The number of anilines is 1. The van der Waals surface area contributed by atoms with Crippen molar-refractivity contribution < 1.29 is 9.47 Å². The first kappa shape index (κ1) is 13.2. The maximum Gasteiger partial charge on any atom is 0.119 e. The fraction of sp³-hybridized carbons (Fsp3) is 0.600. The molecule has 1 heterocycles. The molecule has 0 saturated carbocycles. The van der Waals surface area contributed by atoms with E-state index in [1.54, 1.807) is 0 Å². The van der Waals surface area contributed by atoms with Crippen molar-refractivity contribution >= 4 is 5.69 Å². The summed E-state index contributed by atoms with van der Waals surface area (Å²) in [5.74, 6) is 0.923. The van der Waals surface area contributed by atoms with Crippen molar-refractivity contribution in [3.8, 4) is 5.75 Å². The topological polar surface area (TPSA) is 30.5 Å². The lowest BCUT2D eigenvalue weighted by Crippen LogP contribution is -2.16. The van der Waals surface area contributed by atoms with Gasteiger partial charge in [0.2, 0.25) is 0 Å². The van der Waals surface area contributed by atoms with E-state index < -0.39 is 0 Å². The van der Waals surface area contributed by atoms with Crippen molar-refractivity contribution in [2.45, 2.75) is 38.7 Å². The van der Waals surface area contributed by atoms with Gasteiger partial charge in [-0.1, -0.05) is 13.3 Å². The van der Waals surface area contributed by atoms with Gasteiger partial charge in [0.15, 0.2) is 0 Å². The van der Waals surface area contributed by atoms with Gasteiger partial charge in [-0.2, -0.15) is 0 Å². The summed E-state index contributed by atoms with van der Waals surface area (Å²) in [5.41, 5.74) is 1.16. The third-order valence-electron chi connectivity index (χ3n) is 3.17. The highest BCUT2D eigenvalue weighted by atomic mass is 16.5. The van der Waals surface area contributed by atoms with E-state index in [4.69, 9.17) is 9.47 Å². The van der Waals surface area contributed by atoms with Crippen LogP contribution in [0.2, 0.25) is 0 Å². The predicted molar refractivity (Wildman–Crippen MR) is 74.3 cm³/mol. The number of rotatable bonds is 7. The van der Waals surface area contributed by atoms with E-state index in [1.165, 1.54) is 12.8 Å². The molecule has 1 aromatic carbocycles. The Labute approximate surface area is 109 Å². The maximum atomic E-state index is 5.72. The SMILES string of the molecule is CCCCNc1ccc(OCC2CCCO2)cc1. The van der Waals surface area contributed by atoms with Gasteiger partial charge in [0, 0.05) is 18.8 Å². The summed E-state index contributed by atoms with van der Waals surface area (Å²) in [6, 6.07) is 8.17. The van der Waals surface area contributed by atoms with Gasteiger partial charge in [-0.15, -0.1) is 0 Å². The van der Waals surface area contributed by atoms with Gasteiger partial charge >= 0.3 is 0 Å². The molecule has 18 heavy (non-hydrogen) atoms. The lowest BCUT2D eigenvalue weighted by atomic mass is 10.2. The van der Waals surface area contributed by atoms with Gasteiger partial charge in [-0.25, -0.2) is 0 Å². The van der Waals surface area contributed by atoms with Crippen LogP contribution in [0.1, 0.15) is 32.6 Å². The van der Waals surface area contributed by atoms with E-state index in [2.05, 4.69) is 24.4 Å². The van der Waals surface area contributed by atoms with Crippen LogP contribution in [0.25, 0.3) is 0 Å². The molecule has 1 N–H and O–H groups in total. The van der Waals surface area contributed by atoms with Crippen LogP contribution in [0.5, 0.6) is 5.75 Å². The number of unbranched alkanes of at least 4 members (excludes halogenated alkanes) is 1. The molecule has 100 valence electrons. The normalized spacial score (nSPS) is 18.8. The summed E-state index contributed by atoms with van der Waals surface area (Å²) in [6.45, 7) is 4.78. The number of hydrogen-bond donors (Lipinski definition) is 1. The van der Waals surface area contributed by atoms with Gasteiger partial charge in [-0.3, -0.25) is 0 Å². The highest BCUT2D eigenvalue weighted by Crippen LogP contribution is 2.18. The summed E-state index contributed by atoms with van der Waals surface area (Å²) in [6.07, 6.45) is 4.99. The van der Waals surface area contributed by atoms with Gasteiger partial charge in [0.25, 0.3) is 0 Å². The van der Waals surface area contributed by atoms with Gasteiger partial charge in [0.05, 0.1) is 6.10 Å². The zero-order valence-corrected chi connectivity index (χ0v) is 11.2. The summed E-state index contributed by atoms with van der Waals surface area (Å²) >= 11 is 0. The second-order valence-electron chi connectivity index (χ2n) is 4.75. The van der Waals surface area contributed by atoms with Gasteiger partial charge in [0.1, 0.15) is 12.4 Å². The summed E-state index contributed by atoms with van der Waals surface area (Å²) in [4.78, 5) is 0. The molecule has 0 bridgehead atoms. The molecule has 1 aliphatic rings. The van der Waals surface area contributed by atoms with Gasteiger partial charge in [-0.05, 0) is 43.5 Å². The molecule has 0 aliphatic carbocycles. The third-order valence-corrected chi connectivity index (χ3v) is 3.17. The molecule has 2 rings (SSSR count). The van der Waals surface area contributed by atoms with Crippen molar-refractivity contribution in [1.82, 2.24) is 0 Å². The molecule has 1 fully saturated rings. The smallest absolute Gasteiger partial charge is 0.119 e. The first-order chi connectivity index (χ1) is 8.88. The second kappa shape index (κ2) is 7.27. The molecular formula is C15H23NO2. The minimum atomic E-state index is 0.285. The molecule has 1 unspecified atom stereocenters. The van der Waals surface area contributed by atoms with Crippen molar-refractivity contribution in [2.75, 3.05) is 25.1 Å². The van der Waals surface area contributed by atoms with Crippen LogP contribution in [0, 0.1) is 0 Å². The highest BCUT2D eigenvalue weighted by Gasteiger charge is 2.15. The molecular weight excluding hydrogens is 226 g/mol. The Morgan fingerprint density at radius 3 is 2.83 bits per heavy atom. The van der Waals surface area contributed by atoms with Crippen LogP contribution < -0.4 is 10.1 Å². The van der Waals surface area contributed by atoms with Gasteiger partial charge < -0.3 is 14.8 Å². The number of hydrogen-bond acceptors (Lipinski definition) is 3. The Morgan fingerprint density at radius 1 is 1.33 bits per heavy atom. The summed E-state index contributed by atoms with van der Waals surface area (Å²) in [5, 5.41) is 3.39. The Bertz CT molecular complexity index is 331. The fourth-order valence-electron chi connectivity index (χ4n) is 2.04. The van der Waals surface area contributed by atoms with Crippen LogP contribution in [0.4, 0.5) is 5.69 Å². The van der Waals surface area contributed by atoms with E-state index in [0.717, 1.165) is 37.4 Å². The number of ether oxygens (including phenoxy) is 2. The monoisotopic (exact) mass is 249 g/mol.